The fourth-order valence-corrected chi connectivity index (χ4v) is 3.12. The number of benzene rings is 1. The highest BCUT2D eigenvalue weighted by atomic mass is 79.9. The molecular weight excluding hydrogens is 330 g/mol. The minimum Gasteiger partial charge on any atom is -0.490 e. The van der Waals surface area contributed by atoms with Gasteiger partial charge in [-0.25, -0.2) is 0 Å². The van der Waals surface area contributed by atoms with E-state index < -0.39 is 0 Å². The molecule has 1 fully saturated rings. The lowest BCUT2D eigenvalue weighted by molar-refractivity contribution is 0.102. The van der Waals surface area contributed by atoms with Crippen molar-refractivity contribution < 1.29 is 9.53 Å². The quantitative estimate of drug-likeness (QED) is 0.813. The van der Waals surface area contributed by atoms with Gasteiger partial charge in [-0.1, -0.05) is 22.4 Å². The third kappa shape index (κ3) is 3.38. The monoisotopic (exact) mass is 347 g/mol. The SMILES string of the molecule is O=C(c1ccc[nH]1)c1cc(Br)ccc1OC1CCCCC1. The Bertz CT molecular complexity index is 616. The molecular formula is C17H18BrNO2. The van der Waals surface area contributed by atoms with E-state index in [4.69, 9.17) is 4.74 Å². The van der Waals surface area contributed by atoms with E-state index in [1.807, 2.05) is 24.3 Å². The Kier molecular flexibility index (Phi) is 4.44. The summed E-state index contributed by atoms with van der Waals surface area (Å²) >= 11 is 3.44. The maximum Gasteiger partial charge on any atom is 0.212 e. The van der Waals surface area contributed by atoms with Crippen LogP contribution in [0.2, 0.25) is 0 Å². The standard InChI is InChI=1S/C17H18BrNO2/c18-12-8-9-16(21-13-5-2-1-3-6-13)14(11-12)17(20)15-7-4-10-19-15/h4,7-11,13,19H,1-3,5-6H2. The lowest BCUT2D eigenvalue weighted by atomic mass is 9.97. The van der Waals surface area contributed by atoms with Crippen molar-refractivity contribution in [1.82, 2.24) is 4.98 Å². The molecule has 1 heterocycles. The maximum absolute atomic E-state index is 12.6. The summed E-state index contributed by atoms with van der Waals surface area (Å²) in [6.45, 7) is 0. The third-order valence-corrected chi connectivity index (χ3v) is 4.37. The predicted molar refractivity (Wildman–Crippen MR) is 85.9 cm³/mol. The molecule has 1 aromatic carbocycles. The van der Waals surface area contributed by atoms with Crippen molar-refractivity contribution in [3.8, 4) is 5.75 Å². The van der Waals surface area contributed by atoms with Gasteiger partial charge in [-0.3, -0.25) is 4.79 Å². The second-order valence-electron chi connectivity index (χ2n) is 5.43. The van der Waals surface area contributed by atoms with E-state index in [2.05, 4.69) is 20.9 Å². The first-order chi connectivity index (χ1) is 10.2. The van der Waals surface area contributed by atoms with Crippen LogP contribution < -0.4 is 4.74 Å². The van der Waals surface area contributed by atoms with E-state index in [0.717, 1.165) is 17.3 Å². The lowest BCUT2D eigenvalue weighted by Crippen LogP contribution is -2.21. The molecule has 0 amide bonds. The third-order valence-electron chi connectivity index (χ3n) is 3.87. The minimum absolute atomic E-state index is 0.0351. The fourth-order valence-electron chi connectivity index (χ4n) is 2.76. The van der Waals surface area contributed by atoms with Crippen LogP contribution in [0.25, 0.3) is 0 Å². The Morgan fingerprint density at radius 1 is 1.19 bits per heavy atom. The van der Waals surface area contributed by atoms with Gasteiger partial charge in [0.25, 0.3) is 0 Å². The molecule has 1 saturated carbocycles. The van der Waals surface area contributed by atoms with E-state index in [-0.39, 0.29) is 11.9 Å². The molecule has 21 heavy (non-hydrogen) atoms. The zero-order valence-corrected chi connectivity index (χ0v) is 13.4. The van der Waals surface area contributed by atoms with Gasteiger partial charge in [0.15, 0.2) is 0 Å². The van der Waals surface area contributed by atoms with E-state index in [1.54, 1.807) is 12.3 Å². The average Bonchev–Trinajstić information content (AvgIpc) is 3.04. The smallest absolute Gasteiger partial charge is 0.212 e. The largest absolute Gasteiger partial charge is 0.490 e. The summed E-state index contributed by atoms with van der Waals surface area (Å²) in [6, 6.07) is 9.25. The van der Waals surface area contributed by atoms with Crippen molar-refractivity contribution >= 4 is 21.7 Å². The Morgan fingerprint density at radius 2 is 2.00 bits per heavy atom. The summed E-state index contributed by atoms with van der Waals surface area (Å²) in [4.78, 5) is 15.6. The normalized spacial score (nSPS) is 15.9. The molecule has 0 bridgehead atoms. The first kappa shape index (κ1) is 14.4. The van der Waals surface area contributed by atoms with Crippen LogP contribution in [0.5, 0.6) is 5.75 Å². The fraction of sp³-hybridized carbons (Fsp3) is 0.353. The molecule has 3 nitrogen and oxygen atoms in total. The molecule has 2 aromatic rings. The van der Waals surface area contributed by atoms with Gasteiger partial charge >= 0.3 is 0 Å². The number of aromatic amines is 1. The summed E-state index contributed by atoms with van der Waals surface area (Å²) in [6.07, 6.45) is 7.84. The first-order valence-electron chi connectivity index (χ1n) is 7.38. The van der Waals surface area contributed by atoms with Crippen LogP contribution in [0.3, 0.4) is 0 Å². The summed E-state index contributed by atoms with van der Waals surface area (Å²) in [5.41, 5.74) is 1.19. The van der Waals surface area contributed by atoms with Crippen LogP contribution in [-0.4, -0.2) is 16.9 Å². The van der Waals surface area contributed by atoms with Gasteiger partial charge in [0.1, 0.15) is 5.75 Å². The average molecular weight is 348 g/mol. The Hall–Kier alpha value is -1.55. The molecule has 1 aliphatic carbocycles. The van der Waals surface area contributed by atoms with Crippen LogP contribution in [0.15, 0.2) is 41.0 Å². The Labute approximate surface area is 132 Å². The molecule has 0 spiro atoms. The van der Waals surface area contributed by atoms with E-state index >= 15 is 0 Å². The molecule has 0 saturated heterocycles. The number of hydrogen-bond donors (Lipinski definition) is 1. The van der Waals surface area contributed by atoms with Gasteiger partial charge < -0.3 is 9.72 Å². The zero-order valence-electron chi connectivity index (χ0n) is 11.8. The predicted octanol–water partition coefficient (Wildman–Crippen LogP) is 4.72. The van der Waals surface area contributed by atoms with Gasteiger partial charge in [0.2, 0.25) is 5.78 Å². The highest BCUT2D eigenvalue weighted by Gasteiger charge is 2.20. The van der Waals surface area contributed by atoms with Crippen molar-refractivity contribution in [3.63, 3.8) is 0 Å². The van der Waals surface area contributed by atoms with Crippen molar-refractivity contribution in [1.29, 1.82) is 0 Å². The number of H-pyrrole nitrogens is 1. The number of ether oxygens (including phenoxy) is 1. The van der Waals surface area contributed by atoms with Gasteiger partial charge in [-0.05, 0) is 56.0 Å². The van der Waals surface area contributed by atoms with E-state index in [1.165, 1.54) is 19.3 Å². The summed E-state index contributed by atoms with van der Waals surface area (Å²) < 4.78 is 6.99. The van der Waals surface area contributed by atoms with Gasteiger partial charge in [-0.15, -0.1) is 0 Å². The molecule has 1 aliphatic rings. The number of ketones is 1. The topological polar surface area (TPSA) is 42.1 Å². The van der Waals surface area contributed by atoms with Crippen LogP contribution in [0, 0.1) is 0 Å². The first-order valence-corrected chi connectivity index (χ1v) is 8.17. The molecule has 4 heteroatoms. The second-order valence-corrected chi connectivity index (χ2v) is 6.35. The highest BCUT2D eigenvalue weighted by molar-refractivity contribution is 9.10. The van der Waals surface area contributed by atoms with Gasteiger partial charge in [0, 0.05) is 10.7 Å². The number of carbonyl (C=O) groups is 1. The minimum atomic E-state index is -0.0351. The second kappa shape index (κ2) is 6.48. The maximum atomic E-state index is 12.6. The molecule has 3 rings (SSSR count). The van der Waals surface area contributed by atoms with Gasteiger partial charge in [-0.2, -0.15) is 0 Å². The van der Waals surface area contributed by atoms with Crippen LogP contribution in [0.1, 0.15) is 48.2 Å². The number of aromatic nitrogens is 1. The molecule has 1 N–H and O–H groups in total. The number of carbonyl (C=O) groups excluding carboxylic acids is 1. The van der Waals surface area contributed by atoms with Crippen molar-refractivity contribution in [3.05, 3.63) is 52.3 Å². The Morgan fingerprint density at radius 3 is 2.71 bits per heavy atom. The van der Waals surface area contributed by atoms with Crippen molar-refractivity contribution in [2.45, 2.75) is 38.2 Å². The molecule has 0 aliphatic heterocycles. The van der Waals surface area contributed by atoms with Crippen LogP contribution >= 0.6 is 15.9 Å². The summed E-state index contributed by atoms with van der Waals surface area (Å²) in [7, 11) is 0. The molecule has 1 aromatic heterocycles. The molecule has 110 valence electrons. The number of rotatable bonds is 4. The Balaban J connectivity index is 1.87. The summed E-state index contributed by atoms with van der Waals surface area (Å²) in [5, 5.41) is 0. The number of hydrogen-bond acceptors (Lipinski definition) is 2. The molecule has 0 unspecified atom stereocenters. The molecule has 0 atom stereocenters. The van der Waals surface area contributed by atoms with Crippen molar-refractivity contribution in [2.24, 2.45) is 0 Å². The van der Waals surface area contributed by atoms with Gasteiger partial charge in [0.05, 0.1) is 17.4 Å². The zero-order chi connectivity index (χ0) is 14.7. The molecule has 0 radical (unpaired) electrons. The number of nitrogens with one attached hydrogen (secondary N) is 1. The van der Waals surface area contributed by atoms with E-state index in [0.29, 0.717) is 17.0 Å². The van der Waals surface area contributed by atoms with Crippen LogP contribution in [0.4, 0.5) is 0 Å². The highest BCUT2D eigenvalue weighted by Crippen LogP contribution is 2.29. The lowest BCUT2D eigenvalue weighted by Gasteiger charge is -2.24. The van der Waals surface area contributed by atoms with Crippen LogP contribution in [-0.2, 0) is 0 Å². The number of halogens is 1. The van der Waals surface area contributed by atoms with E-state index in [9.17, 15) is 4.79 Å². The summed E-state index contributed by atoms with van der Waals surface area (Å²) in [5.74, 6) is 0.650. The van der Waals surface area contributed by atoms with Crippen molar-refractivity contribution in [2.75, 3.05) is 0 Å².